The van der Waals surface area contributed by atoms with Gasteiger partial charge in [-0.2, -0.15) is 5.10 Å². The van der Waals surface area contributed by atoms with E-state index in [1.807, 2.05) is 35.1 Å². The van der Waals surface area contributed by atoms with Crippen molar-refractivity contribution in [1.29, 1.82) is 0 Å². The Morgan fingerprint density at radius 3 is 2.52 bits per heavy atom. The summed E-state index contributed by atoms with van der Waals surface area (Å²) >= 11 is 3.40. The highest BCUT2D eigenvalue weighted by molar-refractivity contribution is 9.10. The molecule has 1 unspecified atom stereocenters. The summed E-state index contributed by atoms with van der Waals surface area (Å²) in [6.07, 6.45) is 8.40. The van der Waals surface area contributed by atoms with Gasteiger partial charge in [-0.15, -0.1) is 0 Å². The quantitative estimate of drug-likeness (QED) is 0.854. The van der Waals surface area contributed by atoms with E-state index < -0.39 is 0 Å². The maximum absolute atomic E-state index is 12.6. The maximum atomic E-state index is 12.6. The van der Waals surface area contributed by atoms with Crippen molar-refractivity contribution in [3.8, 4) is 0 Å². The van der Waals surface area contributed by atoms with Crippen molar-refractivity contribution in [3.63, 3.8) is 0 Å². The average molecular weight is 403 g/mol. The van der Waals surface area contributed by atoms with Crippen molar-refractivity contribution in [2.24, 2.45) is 0 Å². The van der Waals surface area contributed by atoms with Crippen LogP contribution >= 0.6 is 15.9 Å². The minimum absolute atomic E-state index is 0.0438. The van der Waals surface area contributed by atoms with E-state index in [9.17, 15) is 4.79 Å². The first-order valence-corrected chi connectivity index (χ1v) is 9.67. The molecule has 0 saturated carbocycles. The summed E-state index contributed by atoms with van der Waals surface area (Å²) in [6.45, 7) is 0.700. The molecular formula is C19H23BrN4O. The van der Waals surface area contributed by atoms with Crippen LogP contribution < -0.4 is 5.32 Å². The topological polar surface area (TPSA) is 50.2 Å². The smallest absolute Gasteiger partial charge is 0.251 e. The Balaban J connectivity index is 1.36. The molecule has 5 nitrogen and oxygen atoms in total. The van der Waals surface area contributed by atoms with E-state index in [1.54, 1.807) is 6.20 Å². The Labute approximate surface area is 156 Å². The lowest BCUT2D eigenvalue weighted by molar-refractivity contribution is 0.0882. The van der Waals surface area contributed by atoms with Gasteiger partial charge in [0.15, 0.2) is 0 Å². The molecule has 0 aliphatic carbocycles. The maximum Gasteiger partial charge on any atom is 0.251 e. The molecule has 2 saturated heterocycles. The van der Waals surface area contributed by atoms with Gasteiger partial charge in [0.1, 0.15) is 0 Å². The molecule has 3 heterocycles. The number of nitrogens with one attached hydrogen (secondary N) is 1. The number of carbonyl (C=O) groups is 1. The van der Waals surface area contributed by atoms with Crippen LogP contribution in [0.4, 0.5) is 0 Å². The van der Waals surface area contributed by atoms with Crippen LogP contribution in [-0.2, 0) is 6.54 Å². The van der Waals surface area contributed by atoms with Gasteiger partial charge in [0.25, 0.3) is 5.91 Å². The molecule has 2 aliphatic heterocycles. The molecular weight excluding hydrogens is 380 g/mol. The first-order valence-electron chi connectivity index (χ1n) is 8.88. The molecule has 2 fully saturated rings. The van der Waals surface area contributed by atoms with Crippen LogP contribution in [-0.4, -0.2) is 45.8 Å². The second kappa shape index (κ2) is 6.92. The summed E-state index contributed by atoms with van der Waals surface area (Å²) < 4.78 is 2.84. The second-order valence-electron chi connectivity index (χ2n) is 7.25. The van der Waals surface area contributed by atoms with Crippen molar-refractivity contribution in [2.75, 3.05) is 7.05 Å². The lowest BCUT2D eigenvalue weighted by atomic mass is 9.97. The summed E-state index contributed by atoms with van der Waals surface area (Å²) in [4.78, 5) is 15.0. The third kappa shape index (κ3) is 3.65. The zero-order valence-electron chi connectivity index (χ0n) is 14.4. The van der Waals surface area contributed by atoms with Gasteiger partial charge in [-0.25, -0.2) is 0 Å². The zero-order valence-corrected chi connectivity index (χ0v) is 15.9. The van der Waals surface area contributed by atoms with Crippen LogP contribution in [0.5, 0.6) is 0 Å². The third-order valence-corrected chi connectivity index (χ3v) is 6.01. The molecule has 0 radical (unpaired) electrons. The number of hydrogen-bond donors (Lipinski definition) is 1. The molecule has 1 aromatic heterocycles. The van der Waals surface area contributed by atoms with E-state index in [4.69, 9.17) is 0 Å². The van der Waals surface area contributed by atoms with Crippen LogP contribution in [0.3, 0.4) is 0 Å². The number of piperidine rings is 1. The molecule has 2 aromatic rings. The van der Waals surface area contributed by atoms with Crippen molar-refractivity contribution in [3.05, 3.63) is 52.3 Å². The third-order valence-electron chi connectivity index (χ3n) is 5.60. The molecule has 0 spiro atoms. The number of carbonyl (C=O) groups excluding carboxylic acids is 1. The Hall–Kier alpha value is -1.66. The number of amides is 1. The van der Waals surface area contributed by atoms with E-state index in [1.165, 1.54) is 12.8 Å². The van der Waals surface area contributed by atoms with Crippen LogP contribution in [0.2, 0.25) is 0 Å². The Bertz CT molecular complexity index is 743. The van der Waals surface area contributed by atoms with E-state index in [-0.39, 0.29) is 5.91 Å². The van der Waals surface area contributed by atoms with Gasteiger partial charge in [-0.3, -0.25) is 9.48 Å². The molecule has 2 aliphatic rings. The van der Waals surface area contributed by atoms with E-state index in [0.717, 1.165) is 28.4 Å². The first-order chi connectivity index (χ1) is 12.1. The number of benzene rings is 1. The summed E-state index contributed by atoms with van der Waals surface area (Å²) in [5.74, 6) is 0.0438. The molecule has 6 heteroatoms. The van der Waals surface area contributed by atoms with Crippen LogP contribution in [0, 0.1) is 0 Å². The van der Waals surface area contributed by atoms with Gasteiger partial charge < -0.3 is 10.2 Å². The van der Waals surface area contributed by atoms with E-state index in [2.05, 4.69) is 38.3 Å². The number of aromatic nitrogens is 2. The fourth-order valence-corrected chi connectivity index (χ4v) is 4.50. The Morgan fingerprint density at radius 2 is 1.92 bits per heavy atom. The number of fused-ring (bicyclic) bond motifs is 2. The standard InChI is InChI=1S/C19H23BrN4O/c1-23-17-6-7-18(23)9-16(8-17)22-19(25)14-4-2-13(3-5-14)11-24-12-15(20)10-21-24/h2-5,10,12,16-18H,6-9,11H2,1H3,(H,22,25)/t16?,17-,18+. The molecule has 3 atom stereocenters. The van der Waals surface area contributed by atoms with E-state index >= 15 is 0 Å². The average Bonchev–Trinajstić information content (AvgIpc) is 3.07. The summed E-state index contributed by atoms with van der Waals surface area (Å²) in [6, 6.07) is 9.41. The minimum Gasteiger partial charge on any atom is -0.349 e. The summed E-state index contributed by atoms with van der Waals surface area (Å²) in [5, 5.41) is 7.50. The lowest BCUT2D eigenvalue weighted by Crippen LogP contribution is -2.48. The molecule has 2 bridgehead atoms. The predicted octanol–water partition coefficient (Wildman–Crippen LogP) is 3.05. The van der Waals surface area contributed by atoms with Crippen molar-refractivity contribution in [2.45, 2.75) is 50.4 Å². The second-order valence-corrected chi connectivity index (χ2v) is 8.16. The SMILES string of the molecule is CN1[C@@H]2CC[C@H]1CC(NC(=O)c1ccc(Cn3cc(Br)cn3)cc1)C2. The van der Waals surface area contributed by atoms with Crippen LogP contribution in [0.25, 0.3) is 0 Å². The molecule has 4 rings (SSSR count). The van der Waals surface area contributed by atoms with Gasteiger partial charge in [0, 0.05) is 29.9 Å². The summed E-state index contributed by atoms with van der Waals surface area (Å²) in [5.41, 5.74) is 1.86. The molecule has 132 valence electrons. The van der Waals surface area contributed by atoms with Gasteiger partial charge in [-0.1, -0.05) is 12.1 Å². The Morgan fingerprint density at radius 1 is 1.24 bits per heavy atom. The summed E-state index contributed by atoms with van der Waals surface area (Å²) in [7, 11) is 2.22. The van der Waals surface area contributed by atoms with Gasteiger partial charge >= 0.3 is 0 Å². The highest BCUT2D eigenvalue weighted by atomic mass is 79.9. The number of rotatable bonds is 4. The van der Waals surface area contributed by atoms with Crippen LogP contribution in [0.15, 0.2) is 41.1 Å². The van der Waals surface area contributed by atoms with Crippen LogP contribution in [0.1, 0.15) is 41.6 Å². The molecule has 1 aromatic carbocycles. The monoisotopic (exact) mass is 402 g/mol. The number of halogens is 1. The highest BCUT2D eigenvalue weighted by Crippen LogP contribution is 2.34. The van der Waals surface area contributed by atoms with Gasteiger partial charge in [-0.05, 0) is 66.4 Å². The fraction of sp³-hybridized carbons (Fsp3) is 0.474. The lowest BCUT2D eigenvalue weighted by Gasteiger charge is -2.36. The molecule has 1 N–H and O–H groups in total. The highest BCUT2D eigenvalue weighted by Gasteiger charge is 2.38. The zero-order chi connectivity index (χ0) is 17.4. The number of nitrogens with zero attached hydrogens (tertiary/aromatic N) is 3. The number of hydrogen-bond acceptors (Lipinski definition) is 3. The minimum atomic E-state index is 0.0438. The predicted molar refractivity (Wildman–Crippen MR) is 101 cm³/mol. The normalized spacial score (nSPS) is 25.9. The Kier molecular flexibility index (Phi) is 4.65. The fourth-order valence-electron chi connectivity index (χ4n) is 4.17. The van der Waals surface area contributed by atoms with Gasteiger partial charge in [0.05, 0.1) is 17.2 Å². The first kappa shape index (κ1) is 16.8. The molecule has 1 amide bonds. The van der Waals surface area contributed by atoms with E-state index in [0.29, 0.717) is 24.7 Å². The molecule has 25 heavy (non-hydrogen) atoms. The van der Waals surface area contributed by atoms with Crippen molar-refractivity contribution in [1.82, 2.24) is 20.0 Å². The van der Waals surface area contributed by atoms with Crippen molar-refractivity contribution < 1.29 is 4.79 Å². The largest absolute Gasteiger partial charge is 0.349 e. The van der Waals surface area contributed by atoms with Gasteiger partial charge in [0.2, 0.25) is 0 Å². The van der Waals surface area contributed by atoms with Crippen molar-refractivity contribution >= 4 is 21.8 Å².